The van der Waals surface area contributed by atoms with E-state index in [1.807, 2.05) is 0 Å². The summed E-state index contributed by atoms with van der Waals surface area (Å²) in [6, 6.07) is 9.32. The first-order chi connectivity index (χ1) is 10.2. The lowest BCUT2D eigenvalue weighted by molar-refractivity contribution is 0.0735. The predicted molar refractivity (Wildman–Crippen MR) is 88.7 cm³/mol. The molecule has 1 saturated heterocycles. The van der Waals surface area contributed by atoms with E-state index in [4.69, 9.17) is 4.74 Å². The largest absolute Gasteiger partial charge is 0.377 e. The zero-order chi connectivity index (χ0) is 15.1. The Morgan fingerprint density at radius 1 is 1.33 bits per heavy atom. The SMILES string of the molecule is CCN(CCC(NC)c1ccc(C)cc1)CC1CCCO1. The minimum Gasteiger partial charge on any atom is -0.377 e. The molecule has 0 amide bonds. The minimum atomic E-state index is 0.434. The molecule has 0 aromatic heterocycles. The van der Waals surface area contributed by atoms with Gasteiger partial charge in [0.2, 0.25) is 0 Å². The number of likely N-dealkylation sites (N-methyl/N-ethyl adjacent to an activating group) is 1. The Bertz CT molecular complexity index is 398. The van der Waals surface area contributed by atoms with Crippen LogP contribution in [0.3, 0.4) is 0 Å². The van der Waals surface area contributed by atoms with Gasteiger partial charge in [0.25, 0.3) is 0 Å². The van der Waals surface area contributed by atoms with Crippen molar-refractivity contribution >= 4 is 0 Å². The molecule has 3 nitrogen and oxygen atoms in total. The molecule has 0 aliphatic carbocycles. The number of rotatable bonds is 8. The number of hydrogen-bond donors (Lipinski definition) is 1. The van der Waals surface area contributed by atoms with E-state index in [-0.39, 0.29) is 0 Å². The molecule has 2 atom stereocenters. The first-order valence-corrected chi connectivity index (χ1v) is 8.30. The number of nitrogens with zero attached hydrogens (tertiary/aromatic N) is 1. The third-order valence-electron chi connectivity index (χ3n) is 4.50. The Morgan fingerprint density at radius 3 is 2.67 bits per heavy atom. The highest BCUT2D eigenvalue weighted by atomic mass is 16.5. The van der Waals surface area contributed by atoms with Crippen molar-refractivity contribution in [3.8, 4) is 0 Å². The van der Waals surface area contributed by atoms with E-state index >= 15 is 0 Å². The lowest BCUT2D eigenvalue weighted by Gasteiger charge is -2.26. The van der Waals surface area contributed by atoms with Crippen LogP contribution in [0.15, 0.2) is 24.3 Å². The topological polar surface area (TPSA) is 24.5 Å². The predicted octanol–water partition coefficient (Wildman–Crippen LogP) is 3.15. The zero-order valence-corrected chi connectivity index (χ0v) is 13.8. The van der Waals surface area contributed by atoms with Gasteiger partial charge < -0.3 is 15.0 Å². The van der Waals surface area contributed by atoms with E-state index in [2.05, 4.69) is 55.4 Å². The highest BCUT2D eigenvalue weighted by molar-refractivity contribution is 5.24. The van der Waals surface area contributed by atoms with Crippen molar-refractivity contribution in [2.24, 2.45) is 0 Å². The monoisotopic (exact) mass is 290 g/mol. The van der Waals surface area contributed by atoms with Gasteiger partial charge in [-0.25, -0.2) is 0 Å². The van der Waals surface area contributed by atoms with Crippen LogP contribution in [-0.2, 0) is 4.74 Å². The van der Waals surface area contributed by atoms with Crippen LogP contribution in [0.4, 0.5) is 0 Å². The summed E-state index contributed by atoms with van der Waals surface area (Å²) in [6.45, 7) is 8.64. The second-order valence-corrected chi connectivity index (χ2v) is 6.07. The lowest BCUT2D eigenvalue weighted by atomic mass is 10.0. The van der Waals surface area contributed by atoms with Crippen LogP contribution in [0.2, 0.25) is 0 Å². The number of hydrogen-bond acceptors (Lipinski definition) is 3. The summed E-state index contributed by atoms with van der Waals surface area (Å²) < 4.78 is 5.76. The molecule has 2 unspecified atom stereocenters. The molecule has 1 aromatic carbocycles. The molecule has 1 aliphatic heterocycles. The second kappa shape index (κ2) is 8.52. The Morgan fingerprint density at radius 2 is 2.10 bits per heavy atom. The fourth-order valence-corrected chi connectivity index (χ4v) is 3.04. The number of benzene rings is 1. The third kappa shape index (κ3) is 5.10. The van der Waals surface area contributed by atoms with E-state index in [9.17, 15) is 0 Å². The van der Waals surface area contributed by atoms with Gasteiger partial charge >= 0.3 is 0 Å². The summed E-state index contributed by atoms with van der Waals surface area (Å²) in [4.78, 5) is 2.52. The molecule has 118 valence electrons. The molecule has 1 N–H and O–H groups in total. The quantitative estimate of drug-likeness (QED) is 0.796. The van der Waals surface area contributed by atoms with Gasteiger partial charge in [-0.2, -0.15) is 0 Å². The second-order valence-electron chi connectivity index (χ2n) is 6.07. The van der Waals surface area contributed by atoms with Gasteiger partial charge in [-0.05, 0) is 45.3 Å². The average molecular weight is 290 g/mol. The summed E-state index contributed by atoms with van der Waals surface area (Å²) >= 11 is 0. The highest BCUT2D eigenvalue weighted by Gasteiger charge is 2.19. The van der Waals surface area contributed by atoms with Gasteiger partial charge in [0.05, 0.1) is 6.10 Å². The maximum Gasteiger partial charge on any atom is 0.0702 e. The molecule has 1 heterocycles. The zero-order valence-electron chi connectivity index (χ0n) is 13.8. The highest BCUT2D eigenvalue weighted by Crippen LogP contribution is 2.19. The van der Waals surface area contributed by atoms with Crippen molar-refractivity contribution in [2.45, 2.75) is 45.3 Å². The van der Waals surface area contributed by atoms with Crippen LogP contribution < -0.4 is 5.32 Å². The molecule has 1 aromatic rings. The first kappa shape index (κ1) is 16.5. The van der Waals surface area contributed by atoms with Crippen molar-refractivity contribution in [3.05, 3.63) is 35.4 Å². The van der Waals surface area contributed by atoms with Crippen LogP contribution in [0.25, 0.3) is 0 Å². The van der Waals surface area contributed by atoms with E-state index < -0.39 is 0 Å². The Hall–Kier alpha value is -0.900. The van der Waals surface area contributed by atoms with Gasteiger partial charge in [0.15, 0.2) is 0 Å². The molecule has 0 spiro atoms. The van der Waals surface area contributed by atoms with Crippen molar-refractivity contribution < 1.29 is 4.74 Å². The van der Waals surface area contributed by atoms with Crippen LogP contribution in [0.1, 0.15) is 43.4 Å². The molecule has 2 rings (SSSR count). The van der Waals surface area contributed by atoms with Gasteiger partial charge in [0.1, 0.15) is 0 Å². The summed E-state index contributed by atoms with van der Waals surface area (Å²) in [7, 11) is 2.06. The number of aryl methyl sites for hydroxylation is 1. The molecule has 0 saturated carbocycles. The molecule has 0 bridgehead atoms. The van der Waals surface area contributed by atoms with Crippen molar-refractivity contribution in [1.29, 1.82) is 0 Å². The Balaban J connectivity index is 1.84. The van der Waals surface area contributed by atoms with E-state index in [1.54, 1.807) is 0 Å². The van der Waals surface area contributed by atoms with Crippen molar-refractivity contribution in [3.63, 3.8) is 0 Å². The molecular formula is C18H30N2O. The standard InChI is InChI=1S/C18H30N2O/c1-4-20(14-17-6-5-13-21-17)12-11-18(19-3)16-9-7-15(2)8-10-16/h7-10,17-19H,4-6,11-14H2,1-3H3. The van der Waals surface area contributed by atoms with Crippen LogP contribution in [0.5, 0.6) is 0 Å². The Labute approximate surface area is 129 Å². The summed E-state index contributed by atoms with van der Waals surface area (Å²) in [6.07, 6.45) is 4.05. The Kier molecular flexibility index (Phi) is 6.68. The van der Waals surface area contributed by atoms with Gasteiger partial charge in [-0.3, -0.25) is 0 Å². The average Bonchev–Trinajstić information content (AvgIpc) is 3.01. The lowest BCUT2D eigenvalue weighted by Crippen LogP contribution is -2.34. The normalized spacial score (nSPS) is 20.1. The molecular weight excluding hydrogens is 260 g/mol. The van der Waals surface area contributed by atoms with Crippen LogP contribution in [-0.4, -0.2) is 44.3 Å². The fraction of sp³-hybridized carbons (Fsp3) is 0.667. The van der Waals surface area contributed by atoms with Crippen LogP contribution >= 0.6 is 0 Å². The first-order valence-electron chi connectivity index (χ1n) is 8.30. The minimum absolute atomic E-state index is 0.434. The van der Waals surface area contributed by atoms with Gasteiger partial charge in [-0.1, -0.05) is 36.8 Å². The van der Waals surface area contributed by atoms with E-state index in [1.165, 1.54) is 24.0 Å². The van der Waals surface area contributed by atoms with E-state index in [0.717, 1.165) is 32.7 Å². The van der Waals surface area contributed by atoms with Gasteiger partial charge in [-0.15, -0.1) is 0 Å². The number of ether oxygens (including phenoxy) is 1. The van der Waals surface area contributed by atoms with Crippen molar-refractivity contribution in [1.82, 2.24) is 10.2 Å². The summed E-state index contributed by atoms with van der Waals surface area (Å²) in [5.74, 6) is 0. The van der Waals surface area contributed by atoms with E-state index in [0.29, 0.717) is 12.1 Å². The molecule has 0 radical (unpaired) electrons. The maximum absolute atomic E-state index is 5.76. The fourth-order valence-electron chi connectivity index (χ4n) is 3.04. The third-order valence-corrected chi connectivity index (χ3v) is 4.50. The van der Waals surface area contributed by atoms with Crippen molar-refractivity contribution in [2.75, 3.05) is 33.3 Å². The maximum atomic E-state index is 5.76. The molecule has 3 heteroatoms. The summed E-state index contributed by atoms with van der Waals surface area (Å²) in [5.41, 5.74) is 2.71. The number of nitrogens with one attached hydrogen (secondary N) is 1. The van der Waals surface area contributed by atoms with Crippen LogP contribution in [0, 0.1) is 6.92 Å². The smallest absolute Gasteiger partial charge is 0.0702 e. The summed E-state index contributed by atoms with van der Waals surface area (Å²) in [5, 5.41) is 3.45. The molecule has 1 aliphatic rings. The molecule has 1 fully saturated rings. The van der Waals surface area contributed by atoms with Gasteiger partial charge in [0, 0.05) is 25.7 Å². The molecule has 21 heavy (non-hydrogen) atoms.